The van der Waals surface area contributed by atoms with Crippen molar-refractivity contribution in [3.05, 3.63) is 130 Å². The molecule has 8 rings (SSSR count). The minimum Gasteiger partial charge on any atom is -0.497 e. The number of anilines is 2. The van der Waals surface area contributed by atoms with Crippen LogP contribution in [-0.4, -0.2) is 106 Å². The summed E-state index contributed by atoms with van der Waals surface area (Å²) < 4.78 is 67.7. The van der Waals surface area contributed by atoms with Crippen LogP contribution < -0.4 is 24.6 Å². The Kier molecular flexibility index (Phi) is 16.6. The zero-order chi connectivity index (χ0) is 43.4. The Morgan fingerprint density at radius 1 is 0.590 bits per heavy atom. The highest BCUT2D eigenvalue weighted by Crippen LogP contribution is 2.25. The van der Waals surface area contributed by atoms with Crippen molar-refractivity contribution >= 4 is 86.3 Å². The topological polar surface area (TPSA) is 160 Å². The van der Waals surface area contributed by atoms with Crippen LogP contribution in [0.15, 0.2) is 107 Å². The molecule has 324 valence electrons. The van der Waals surface area contributed by atoms with Crippen LogP contribution in [-0.2, 0) is 31.9 Å². The van der Waals surface area contributed by atoms with Crippen molar-refractivity contribution in [1.82, 2.24) is 28.3 Å². The van der Waals surface area contributed by atoms with Crippen LogP contribution in [0.1, 0.15) is 22.8 Å². The Hall–Kier alpha value is -4.11. The summed E-state index contributed by atoms with van der Waals surface area (Å²) in [7, 11) is 1.01. The number of nitrogens with zero attached hydrogens (tertiary/aromatic N) is 7. The van der Waals surface area contributed by atoms with Gasteiger partial charge in [-0.05, 0) is 83.9 Å². The lowest BCUT2D eigenvalue weighted by atomic mass is 10.1. The highest BCUT2D eigenvalue weighted by Gasteiger charge is 2.29. The van der Waals surface area contributed by atoms with Crippen molar-refractivity contribution < 1.29 is 26.3 Å². The third kappa shape index (κ3) is 13.4. The predicted octanol–water partition coefficient (Wildman–Crippen LogP) is 7.12. The smallest absolute Gasteiger partial charge is 0.261 e. The zero-order valence-electron chi connectivity index (χ0n) is 33.2. The van der Waals surface area contributed by atoms with Crippen LogP contribution in [0.3, 0.4) is 0 Å². The molecule has 0 bridgehead atoms. The second-order valence-electron chi connectivity index (χ2n) is 13.5. The quantitative estimate of drug-likeness (QED) is 0.131. The largest absolute Gasteiger partial charge is 0.497 e. The average molecular weight is 966 g/mol. The van der Waals surface area contributed by atoms with Crippen molar-refractivity contribution in [2.45, 2.75) is 22.6 Å². The molecule has 0 aliphatic carbocycles. The summed E-state index contributed by atoms with van der Waals surface area (Å²) in [6.45, 7) is 6.01. The number of nitrogens with one attached hydrogen (secondary N) is 1. The minimum atomic E-state index is -3.61. The molecule has 0 amide bonds. The number of hydrogen-bond donors (Lipinski definition) is 1. The summed E-state index contributed by atoms with van der Waals surface area (Å²) in [5.41, 5.74) is 2.29. The maximum Gasteiger partial charge on any atom is 0.261 e. The highest BCUT2D eigenvalue weighted by atomic mass is 35.7. The number of rotatable bonds is 11. The molecule has 6 aromatic rings. The molecule has 61 heavy (non-hydrogen) atoms. The van der Waals surface area contributed by atoms with Gasteiger partial charge in [0.05, 0.1) is 24.0 Å². The Balaban J connectivity index is 0.000000171. The molecule has 2 aliphatic rings. The Morgan fingerprint density at radius 2 is 1.00 bits per heavy atom. The van der Waals surface area contributed by atoms with E-state index in [9.17, 15) is 16.8 Å². The van der Waals surface area contributed by atoms with Gasteiger partial charge in [-0.1, -0.05) is 47.5 Å². The molecule has 0 radical (unpaired) electrons. The molecule has 4 heterocycles. The lowest BCUT2D eigenvalue weighted by Gasteiger charge is -2.33. The van der Waals surface area contributed by atoms with Crippen LogP contribution in [0.2, 0.25) is 10.0 Å². The van der Waals surface area contributed by atoms with E-state index in [-0.39, 0.29) is 9.79 Å². The van der Waals surface area contributed by atoms with E-state index in [1.54, 1.807) is 31.4 Å². The molecule has 2 aromatic heterocycles. The molecule has 2 saturated heterocycles. The second kappa shape index (κ2) is 21.8. The predicted molar refractivity (Wildman–Crippen MR) is 243 cm³/mol. The number of sulfonamides is 1. The van der Waals surface area contributed by atoms with Gasteiger partial charge in [0.1, 0.15) is 23.1 Å². The molecule has 0 unspecified atom stereocenters. The molecule has 2 aliphatic heterocycles. The van der Waals surface area contributed by atoms with Crippen molar-refractivity contribution in [2.24, 2.45) is 0 Å². The van der Waals surface area contributed by atoms with Crippen LogP contribution in [0.5, 0.6) is 11.5 Å². The van der Waals surface area contributed by atoms with E-state index in [0.29, 0.717) is 49.1 Å². The normalized spacial score (nSPS) is 14.6. The van der Waals surface area contributed by atoms with Gasteiger partial charge >= 0.3 is 0 Å². The summed E-state index contributed by atoms with van der Waals surface area (Å²) >= 11 is 14.6. The summed E-state index contributed by atoms with van der Waals surface area (Å²) in [5.74, 6) is 2.87. The summed E-state index contributed by atoms with van der Waals surface area (Å²) in [4.78, 5) is 14.0. The van der Waals surface area contributed by atoms with Gasteiger partial charge in [0.2, 0.25) is 20.3 Å². The number of halogens is 3. The van der Waals surface area contributed by atoms with Gasteiger partial charge in [-0.25, -0.2) is 26.8 Å². The molecular weight excluding hydrogens is 923 g/mol. The zero-order valence-corrected chi connectivity index (χ0v) is 38.7. The van der Waals surface area contributed by atoms with Crippen LogP contribution in [0.4, 0.5) is 10.3 Å². The van der Waals surface area contributed by atoms with Crippen LogP contribution >= 0.6 is 56.9 Å². The van der Waals surface area contributed by atoms with E-state index < -0.39 is 19.1 Å². The monoisotopic (exact) mass is 964 g/mol. The van der Waals surface area contributed by atoms with E-state index in [1.165, 1.54) is 64.3 Å². The van der Waals surface area contributed by atoms with Gasteiger partial charge in [0, 0.05) is 109 Å². The number of hydrogen-bond acceptors (Lipinski definition) is 15. The second-order valence-corrected chi connectivity index (χ2v) is 20.3. The average Bonchev–Trinajstić information content (AvgIpc) is 3.96. The van der Waals surface area contributed by atoms with Crippen molar-refractivity contribution in [3.8, 4) is 11.5 Å². The molecule has 4 aromatic carbocycles. The first kappa shape index (κ1) is 46.4. The Bertz CT molecular complexity index is 2520. The SMILES string of the molecule is COc1ccc(S(=O)(=O)Cl)cc1.COc1ccc(S(=O)(=O)N2CCN(c3nc(Cc4ccc(Cl)cc4)ns3)CC2)cc1.Clc1ccc(Cc2nsc(N3CCNCC3)n2)cc1. The van der Waals surface area contributed by atoms with Crippen molar-refractivity contribution in [3.63, 3.8) is 0 Å². The lowest BCUT2D eigenvalue weighted by Crippen LogP contribution is -2.48. The molecule has 0 saturated carbocycles. The minimum absolute atomic E-state index is 0.0740. The Morgan fingerprint density at radius 3 is 1.41 bits per heavy atom. The standard InChI is InChI=1S/C20H21ClN4O3S2.C13H15ClN4S.C7H7ClO3S/c1-28-17-6-8-18(9-7-17)30(26,27)25-12-10-24(11-13-25)20-22-19(23-29-20)14-15-2-4-16(21)5-3-15;14-11-3-1-10(2-4-11)9-12-16-13(19-17-12)18-7-5-15-6-8-18;1-11-6-2-4-7(5-3-6)12(8,9)10/h2-9H,10-14H2,1H3;1-4,15H,5-9H2;2-5H,1H3. The molecule has 0 spiro atoms. The first-order chi connectivity index (χ1) is 29.3. The molecule has 14 nitrogen and oxygen atoms in total. The number of piperazine rings is 2. The number of methoxy groups -OCH3 is 2. The van der Waals surface area contributed by atoms with Gasteiger partial charge in [-0.2, -0.15) is 13.1 Å². The summed E-state index contributed by atoms with van der Waals surface area (Å²) in [6.07, 6.45) is 1.40. The molecule has 0 atom stereocenters. The van der Waals surface area contributed by atoms with Crippen molar-refractivity contribution in [2.75, 3.05) is 76.4 Å². The van der Waals surface area contributed by atoms with Crippen LogP contribution in [0.25, 0.3) is 0 Å². The summed E-state index contributed by atoms with van der Waals surface area (Å²) in [6, 6.07) is 27.8. The highest BCUT2D eigenvalue weighted by molar-refractivity contribution is 8.13. The first-order valence-corrected chi connectivity index (χ1v) is 24.9. The molecule has 1 N–H and O–H groups in total. The van der Waals surface area contributed by atoms with E-state index in [4.69, 9.17) is 43.4 Å². The fraction of sp³-hybridized carbons (Fsp3) is 0.300. The fourth-order valence-electron chi connectivity index (χ4n) is 6.07. The van der Waals surface area contributed by atoms with E-state index >= 15 is 0 Å². The molecular formula is C40H43Cl3N8O6S4. The lowest BCUT2D eigenvalue weighted by molar-refractivity contribution is 0.384. The summed E-state index contributed by atoms with van der Waals surface area (Å²) in [5, 5.41) is 6.65. The van der Waals surface area contributed by atoms with Crippen molar-refractivity contribution in [1.29, 1.82) is 0 Å². The Labute approximate surface area is 378 Å². The van der Waals surface area contributed by atoms with Crippen LogP contribution in [0, 0.1) is 0 Å². The first-order valence-electron chi connectivity index (χ1n) is 18.9. The molecule has 2 fully saturated rings. The van der Waals surface area contributed by atoms with Gasteiger partial charge in [-0.15, -0.1) is 0 Å². The van der Waals surface area contributed by atoms with E-state index in [0.717, 1.165) is 65.1 Å². The van der Waals surface area contributed by atoms with Gasteiger partial charge in [0.25, 0.3) is 9.05 Å². The van der Waals surface area contributed by atoms with Gasteiger partial charge in [-0.3, -0.25) is 0 Å². The van der Waals surface area contributed by atoms with Gasteiger partial charge < -0.3 is 24.6 Å². The maximum atomic E-state index is 12.9. The number of benzene rings is 4. The third-order valence-corrected chi connectivity index (χ3v) is 14.8. The van der Waals surface area contributed by atoms with E-state index in [2.05, 4.69) is 33.8 Å². The van der Waals surface area contributed by atoms with E-state index in [1.807, 2.05) is 48.5 Å². The number of ether oxygens (including phenoxy) is 2. The third-order valence-electron chi connectivity index (χ3n) is 9.40. The number of aromatic nitrogens is 4. The fourth-order valence-corrected chi connectivity index (χ4v) is 9.99. The van der Waals surface area contributed by atoms with Gasteiger partial charge in [0.15, 0.2) is 0 Å². The maximum absolute atomic E-state index is 12.9. The molecule has 21 heteroatoms.